The summed E-state index contributed by atoms with van der Waals surface area (Å²) in [4.78, 5) is 4.75. The lowest BCUT2D eigenvalue weighted by Gasteiger charge is -1.99. The molecule has 0 N–H and O–H groups in total. The Bertz CT molecular complexity index is 306. The highest BCUT2D eigenvalue weighted by atomic mass is 19.1. The minimum atomic E-state index is -0.618. The van der Waals surface area contributed by atoms with Crippen LogP contribution in [0.2, 0.25) is 0 Å². The molecule has 0 spiro atoms. The van der Waals surface area contributed by atoms with Crippen molar-refractivity contribution >= 4 is 6.21 Å². The number of hydrogen-bond donors (Lipinski definition) is 0. The Hall–Kier alpha value is -1.45. The largest absolute Gasteiger partial charge is 0.391 e. The van der Waals surface area contributed by atoms with E-state index in [0.717, 1.165) is 6.07 Å². The average Bonchev–Trinajstić information content (AvgIpc) is 2.11. The molecular weight excluding hydrogens is 188 g/mol. The molecule has 1 aromatic carbocycles. The second-order valence-electron chi connectivity index (χ2n) is 2.65. The normalized spacial score (nSPS) is 10.8. The second kappa shape index (κ2) is 5.32. The first kappa shape index (κ1) is 10.6. The van der Waals surface area contributed by atoms with E-state index >= 15 is 0 Å². The summed E-state index contributed by atoms with van der Waals surface area (Å²) in [7, 11) is 0. The van der Waals surface area contributed by atoms with Crippen LogP contribution < -0.4 is 0 Å². The lowest BCUT2D eigenvalue weighted by Crippen LogP contribution is -1.90. The molecule has 0 aliphatic heterocycles. The maximum absolute atomic E-state index is 12.7. The van der Waals surface area contributed by atoms with Crippen molar-refractivity contribution in [1.82, 2.24) is 0 Å². The minimum absolute atomic E-state index is 0.0433. The second-order valence-corrected chi connectivity index (χ2v) is 2.65. The van der Waals surface area contributed by atoms with Crippen molar-refractivity contribution in [3.63, 3.8) is 0 Å². The number of benzene rings is 1. The Kier molecular flexibility index (Phi) is 4.04. The predicted octanol–water partition coefficient (Wildman–Crippen LogP) is 2.75. The molecule has 2 nitrogen and oxygen atoms in total. The Balaban J connectivity index is 2.54. The third-order valence-corrected chi connectivity index (χ3v) is 1.44. The molecule has 0 aliphatic carbocycles. The average molecular weight is 198 g/mol. The Morgan fingerprint density at radius 2 is 1.93 bits per heavy atom. The molecule has 1 aromatic rings. The van der Waals surface area contributed by atoms with Crippen molar-refractivity contribution in [2.45, 2.75) is 20.0 Å². The van der Waals surface area contributed by atoms with Crippen LogP contribution in [0.3, 0.4) is 0 Å². The highest BCUT2D eigenvalue weighted by Crippen LogP contribution is 2.08. The van der Waals surface area contributed by atoms with Gasteiger partial charge in [0, 0.05) is 6.07 Å². The van der Waals surface area contributed by atoms with E-state index in [0.29, 0.717) is 12.0 Å². The third kappa shape index (κ3) is 3.51. The smallest absolute Gasteiger partial charge is 0.142 e. The zero-order valence-electron chi connectivity index (χ0n) is 7.76. The van der Waals surface area contributed by atoms with Gasteiger partial charge in [0.05, 0.1) is 0 Å². The standard InChI is InChI=1S/C10H10F2NO/c1-2-3-13-14-7-8-4-9(11)6-10(12)5-8/h4-6H,2,7H2,1H3. The summed E-state index contributed by atoms with van der Waals surface area (Å²) < 4.78 is 25.3. The Morgan fingerprint density at radius 1 is 1.29 bits per heavy atom. The summed E-state index contributed by atoms with van der Waals surface area (Å²) >= 11 is 0. The molecule has 4 heteroatoms. The van der Waals surface area contributed by atoms with Crippen molar-refractivity contribution in [2.24, 2.45) is 5.16 Å². The van der Waals surface area contributed by atoms with Crippen molar-refractivity contribution in [1.29, 1.82) is 0 Å². The van der Waals surface area contributed by atoms with Crippen molar-refractivity contribution in [3.8, 4) is 0 Å². The van der Waals surface area contributed by atoms with Gasteiger partial charge >= 0.3 is 0 Å². The lowest BCUT2D eigenvalue weighted by atomic mass is 10.2. The molecule has 1 rings (SSSR count). The van der Waals surface area contributed by atoms with Gasteiger partial charge in [-0.2, -0.15) is 0 Å². The van der Waals surface area contributed by atoms with Gasteiger partial charge in [-0.3, -0.25) is 0 Å². The molecule has 0 amide bonds. The highest BCUT2D eigenvalue weighted by Gasteiger charge is 2.00. The minimum Gasteiger partial charge on any atom is -0.391 e. The fourth-order valence-electron chi connectivity index (χ4n) is 0.911. The number of rotatable bonds is 4. The van der Waals surface area contributed by atoms with Gasteiger partial charge in [-0.05, 0) is 24.1 Å². The molecule has 14 heavy (non-hydrogen) atoms. The molecule has 75 valence electrons. The zero-order valence-corrected chi connectivity index (χ0v) is 7.76. The summed E-state index contributed by atoms with van der Waals surface area (Å²) in [6.45, 7) is 1.90. The molecule has 0 fully saturated rings. The van der Waals surface area contributed by atoms with Gasteiger partial charge in [-0.1, -0.05) is 12.1 Å². The summed E-state index contributed by atoms with van der Waals surface area (Å²) in [5.74, 6) is -1.24. The van der Waals surface area contributed by atoms with E-state index in [2.05, 4.69) is 11.4 Å². The van der Waals surface area contributed by atoms with Gasteiger partial charge in [0.25, 0.3) is 0 Å². The molecule has 0 atom stereocenters. The van der Waals surface area contributed by atoms with E-state index in [9.17, 15) is 8.78 Å². The molecule has 0 saturated heterocycles. The van der Waals surface area contributed by atoms with Gasteiger partial charge in [-0.15, -0.1) is 0 Å². The first-order valence-electron chi connectivity index (χ1n) is 4.22. The molecule has 0 aromatic heterocycles. The van der Waals surface area contributed by atoms with Crippen LogP contribution in [-0.4, -0.2) is 6.21 Å². The van der Waals surface area contributed by atoms with Crippen LogP contribution in [0, 0.1) is 11.6 Å². The Labute approximate surface area is 81.2 Å². The topological polar surface area (TPSA) is 21.6 Å². The van der Waals surface area contributed by atoms with E-state index in [1.165, 1.54) is 12.1 Å². The molecule has 0 heterocycles. The Morgan fingerprint density at radius 3 is 2.50 bits per heavy atom. The van der Waals surface area contributed by atoms with Crippen LogP contribution >= 0.6 is 0 Å². The van der Waals surface area contributed by atoms with E-state index < -0.39 is 11.6 Å². The van der Waals surface area contributed by atoms with Crippen LogP contribution in [0.25, 0.3) is 0 Å². The van der Waals surface area contributed by atoms with E-state index in [4.69, 9.17) is 4.84 Å². The SMILES string of the molecule is CC/[C]=N\OCc1cc(F)cc(F)c1. The molecular formula is C10H10F2NO. The quantitative estimate of drug-likeness (QED) is 0.538. The third-order valence-electron chi connectivity index (χ3n) is 1.44. The van der Waals surface area contributed by atoms with Crippen LogP contribution in [-0.2, 0) is 11.4 Å². The summed E-state index contributed by atoms with van der Waals surface area (Å²) in [5, 5.41) is 3.45. The fourth-order valence-corrected chi connectivity index (χ4v) is 0.911. The monoisotopic (exact) mass is 198 g/mol. The van der Waals surface area contributed by atoms with Crippen molar-refractivity contribution in [3.05, 3.63) is 35.4 Å². The molecule has 0 aliphatic rings. The number of hydrogen-bond acceptors (Lipinski definition) is 2. The van der Waals surface area contributed by atoms with Gasteiger partial charge in [0.1, 0.15) is 24.5 Å². The van der Waals surface area contributed by atoms with Crippen LogP contribution in [0.4, 0.5) is 8.78 Å². The number of halogens is 2. The van der Waals surface area contributed by atoms with Crippen molar-refractivity contribution < 1.29 is 13.6 Å². The van der Waals surface area contributed by atoms with E-state index in [1.807, 2.05) is 6.92 Å². The van der Waals surface area contributed by atoms with E-state index in [1.54, 1.807) is 0 Å². The highest BCUT2D eigenvalue weighted by molar-refractivity contribution is 5.55. The molecule has 0 saturated carbocycles. The van der Waals surface area contributed by atoms with Gasteiger partial charge < -0.3 is 4.84 Å². The van der Waals surface area contributed by atoms with Crippen LogP contribution in [0.1, 0.15) is 18.9 Å². The number of nitrogens with zero attached hydrogens (tertiary/aromatic N) is 1. The fraction of sp³-hybridized carbons (Fsp3) is 0.300. The summed E-state index contributed by atoms with van der Waals surface area (Å²) in [6.07, 6.45) is 3.20. The first-order valence-corrected chi connectivity index (χ1v) is 4.22. The van der Waals surface area contributed by atoms with Gasteiger partial charge in [-0.25, -0.2) is 8.78 Å². The molecule has 1 radical (unpaired) electrons. The molecule has 0 bridgehead atoms. The van der Waals surface area contributed by atoms with Crippen molar-refractivity contribution in [2.75, 3.05) is 0 Å². The molecule has 0 unspecified atom stereocenters. The van der Waals surface area contributed by atoms with E-state index in [-0.39, 0.29) is 6.61 Å². The van der Waals surface area contributed by atoms with Crippen LogP contribution in [0.15, 0.2) is 23.4 Å². The summed E-state index contributed by atoms with van der Waals surface area (Å²) in [6, 6.07) is 3.21. The maximum Gasteiger partial charge on any atom is 0.142 e. The van der Waals surface area contributed by atoms with Gasteiger partial charge in [0.2, 0.25) is 0 Å². The summed E-state index contributed by atoms with van der Waals surface area (Å²) in [5.41, 5.74) is 0.407. The first-order chi connectivity index (χ1) is 6.72. The zero-order chi connectivity index (χ0) is 10.4. The van der Waals surface area contributed by atoms with Gasteiger partial charge in [0.15, 0.2) is 0 Å². The predicted molar refractivity (Wildman–Crippen MR) is 48.9 cm³/mol. The van der Waals surface area contributed by atoms with Crippen LogP contribution in [0.5, 0.6) is 0 Å². The lowest BCUT2D eigenvalue weighted by molar-refractivity contribution is 0.131. The maximum atomic E-state index is 12.7.